The Morgan fingerprint density at radius 2 is 2.20 bits per heavy atom. The van der Waals surface area contributed by atoms with Gasteiger partial charge in [0, 0.05) is 0 Å². The van der Waals surface area contributed by atoms with Crippen LogP contribution in [0.2, 0.25) is 0 Å². The Hall–Kier alpha value is -1.71. The third-order valence-electron chi connectivity index (χ3n) is 1.69. The van der Waals surface area contributed by atoms with Crippen molar-refractivity contribution in [2.45, 2.75) is 6.92 Å². The van der Waals surface area contributed by atoms with E-state index in [1.807, 2.05) is 0 Å². The summed E-state index contributed by atoms with van der Waals surface area (Å²) in [6.45, 7) is 1.81. The molecule has 0 saturated heterocycles. The first-order valence-corrected chi connectivity index (χ1v) is 4.38. The highest BCUT2D eigenvalue weighted by atomic mass is 19.1. The first kappa shape index (κ1) is 11.4. The normalized spacial score (nSPS) is 10.6. The lowest BCUT2D eigenvalue weighted by Crippen LogP contribution is -2.08. The van der Waals surface area contributed by atoms with E-state index in [1.54, 1.807) is 19.1 Å². The third-order valence-corrected chi connectivity index (χ3v) is 1.69. The lowest BCUT2D eigenvalue weighted by Gasteiger charge is -2.02. The monoisotopic (exact) mass is 212 g/mol. The van der Waals surface area contributed by atoms with E-state index in [-0.39, 0.29) is 12.2 Å². The molecule has 0 aliphatic carbocycles. The zero-order valence-electron chi connectivity index (χ0n) is 8.17. The molecular weight excluding hydrogens is 202 g/mol. The Morgan fingerprint density at radius 1 is 1.47 bits per heavy atom. The smallest absolute Gasteiger partial charge is 0.341 e. The van der Waals surface area contributed by atoms with Crippen molar-refractivity contribution in [3.8, 4) is 0 Å². The second-order valence-electron chi connectivity index (χ2n) is 2.79. The molecule has 4 heteroatoms. The summed E-state index contributed by atoms with van der Waals surface area (Å²) in [5.74, 6) is -2.33. The van der Waals surface area contributed by atoms with Gasteiger partial charge in [0.15, 0.2) is 0 Å². The summed E-state index contributed by atoms with van der Waals surface area (Å²) in [7, 11) is 0. The molecule has 0 aliphatic heterocycles. The summed E-state index contributed by atoms with van der Waals surface area (Å²) in [6, 6.07) is 2.65. The number of allylic oxidation sites excluding steroid dienone is 1. The SMILES string of the molecule is C/C=C/COC(=O)c1cc(F)ccc1F. The summed E-state index contributed by atoms with van der Waals surface area (Å²) in [4.78, 5) is 11.2. The lowest BCUT2D eigenvalue weighted by atomic mass is 10.2. The van der Waals surface area contributed by atoms with Crippen LogP contribution < -0.4 is 0 Å². The van der Waals surface area contributed by atoms with Crippen molar-refractivity contribution in [2.75, 3.05) is 6.61 Å². The summed E-state index contributed by atoms with van der Waals surface area (Å²) >= 11 is 0. The maximum Gasteiger partial charge on any atom is 0.341 e. The number of benzene rings is 1. The second-order valence-corrected chi connectivity index (χ2v) is 2.79. The van der Waals surface area contributed by atoms with Gasteiger partial charge in [-0.25, -0.2) is 13.6 Å². The molecule has 1 aromatic rings. The molecule has 1 rings (SSSR count). The van der Waals surface area contributed by atoms with Gasteiger partial charge in [0.25, 0.3) is 0 Å². The van der Waals surface area contributed by atoms with Crippen LogP contribution in [-0.2, 0) is 4.74 Å². The molecule has 0 heterocycles. The molecule has 80 valence electrons. The van der Waals surface area contributed by atoms with E-state index in [0.717, 1.165) is 18.2 Å². The maximum atomic E-state index is 13.0. The summed E-state index contributed by atoms with van der Waals surface area (Å²) in [5.41, 5.74) is -0.389. The summed E-state index contributed by atoms with van der Waals surface area (Å²) in [6.07, 6.45) is 3.28. The molecule has 0 atom stereocenters. The fourth-order valence-corrected chi connectivity index (χ4v) is 0.952. The van der Waals surface area contributed by atoms with Crippen LogP contribution in [0.5, 0.6) is 0 Å². The molecule has 1 aromatic carbocycles. The molecule has 0 fully saturated rings. The first-order valence-electron chi connectivity index (χ1n) is 4.38. The van der Waals surface area contributed by atoms with Crippen molar-refractivity contribution >= 4 is 5.97 Å². The largest absolute Gasteiger partial charge is 0.458 e. The van der Waals surface area contributed by atoms with Gasteiger partial charge in [0.2, 0.25) is 0 Å². The lowest BCUT2D eigenvalue weighted by molar-refractivity contribution is 0.0543. The minimum atomic E-state index is -0.870. The van der Waals surface area contributed by atoms with Crippen molar-refractivity contribution in [1.29, 1.82) is 0 Å². The van der Waals surface area contributed by atoms with Crippen LogP contribution in [0.15, 0.2) is 30.4 Å². The van der Waals surface area contributed by atoms with Gasteiger partial charge in [-0.2, -0.15) is 0 Å². The molecule has 15 heavy (non-hydrogen) atoms. The molecule has 2 nitrogen and oxygen atoms in total. The van der Waals surface area contributed by atoms with E-state index >= 15 is 0 Å². The first-order chi connectivity index (χ1) is 7.15. The number of carbonyl (C=O) groups excluding carboxylic acids is 1. The second kappa shape index (κ2) is 5.24. The zero-order chi connectivity index (χ0) is 11.3. The Balaban J connectivity index is 2.77. The molecule has 0 aliphatic rings. The van der Waals surface area contributed by atoms with Crippen LogP contribution in [0, 0.1) is 11.6 Å². The highest BCUT2D eigenvalue weighted by Crippen LogP contribution is 2.10. The van der Waals surface area contributed by atoms with Gasteiger partial charge < -0.3 is 4.74 Å². The van der Waals surface area contributed by atoms with E-state index in [4.69, 9.17) is 0 Å². The summed E-state index contributed by atoms with van der Waals surface area (Å²) < 4.78 is 30.4. The van der Waals surface area contributed by atoms with Gasteiger partial charge in [-0.1, -0.05) is 12.2 Å². The highest BCUT2D eigenvalue weighted by molar-refractivity contribution is 5.89. The van der Waals surface area contributed by atoms with Gasteiger partial charge in [0.1, 0.15) is 18.2 Å². The summed E-state index contributed by atoms with van der Waals surface area (Å²) in [5, 5.41) is 0. The molecule has 0 aromatic heterocycles. The number of hydrogen-bond donors (Lipinski definition) is 0. The predicted molar refractivity (Wildman–Crippen MR) is 51.5 cm³/mol. The Labute approximate surface area is 86.2 Å². The quantitative estimate of drug-likeness (QED) is 0.568. The fraction of sp³-hybridized carbons (Fsp3) is 0.182. The Morgan fingerprint density at radius 3 is 2.87 bits per heavy atom. The fourth-order valence-electron chi connectivity index (χ4n) is 0.952. The van der Waals surface area contributed by atoms with Crippen molar-refractivity contribution in [2.24, 2.45) is 0 Å². The molecule has 0 amide bonds. The number of rotatable bonds is 3. The number of esters is 1. The van der Waals surface area contributed by atoms with Crippen molar-refractivity contribution in [3.63, 3.8) is 0 Å². The molecule has 0 saturated carbocycles. The average molecular weight is 212 g/mol. The third kappa shape index (κ3) is 3.16. The standard InChI is InChI=1S/C11H10F2O2/c1-2-3-6-15-11(14)9-7-8(12)4-5-10(9)13/h2-5,7H,6H2,1H3/b3-2+. The van der Waals surface area contributed by atoms with Crippen molar-refractivity contribution < 1.29 is 18.3 Å². The van der Waals surface area contributed by atoms with E-state index in [0.29, 0.717) is 0 Å². The number of ether oxygens (including phenoxy) is 1. The number of hydrogen-bond acceptors (Lipinski definition) is 2. The Bertz CT molecular complexity index is 386. The van der Waals surface area contributed by atoms with Crippen molar-refractivity contribution in [1.82, 2.24) is 0 Å². The molecule has 0 spiro atoms. The predicted octanol–water partition coefficient (Wildman–Crippen LogP) is 2.70. The molecule has 0 radical (unpaired) electrons. The van der Waals surface area contributed by atoms with E-state index in [1.165, 1.54) is 0 Å². The van der Waals surface area contributed by atoms with Crippen molar-refractivity contribution in [3.05, 3.63) is 47.5 Å². The molecule has 0 unspecified atom stereocenters. The van der Waals surface area contributed by atoms with Crippen LogP contribution >= 0.6 is 0 Å². The topological polar surface area (TPSA) is 26.3 Å². The van der Waals surface area contributed by atoms with Crippen LogP contribution in [0.1, 0.15) is 17.3 Å². The minimum absolute atomic E-state index is 0.0469. The van der Waals surface area contributed by atoms with Gasteiger partial charge in [-0.05, 0) is 25.1 Å². The molecule has 0 N–H and O–H groups in total. The van der Waals surface area contributed by atoms with Crippen LogP contribution in [0.3, 0.4) is 0 Å². The van der Waals surface area contributed by atoms with Gasteiger partial charge >= 0.3 is 5.97 Å². The number of carbonyl (C=O) groups is 1. The number of halogens is 2. The minimum Gasteiger partial charge on any atom is -0.458 e. The van der Waals surface area contributed by atoms with Crippen LogP contribution in [0.25, 0.3) is 0 Å². The Kier molecular flexibility index (Phi) is 3.97. The van der Waals surface area contributed by atoms with E-state index in [9.17, 15) is 13.6 Å². The van der Waals surface area contributed by atoms with Crippen LogP contribution in [0.4, 0.5) is 8.78 Å². The molecule has 0 bridgehead atoms. The van der Waals surface area contributed by atoms with Gasteiger partial charge in [0.05, 0.1) is 5.56 Å². The van der Waals surface area contributed by atoms with Gasteiger partial charge in [-0.15, -0.1) is 0 Å². The van der Waals surface area contributed by atoms with E-state index < -0.39 is 17.6 Å². The average Bonchev–Trinajstić information content (AvgIpc) is 2.22. The highest BCUT2D eigenvalue weighted by Gasteiger charge is 2.13. The van der Waals surface area contributed by atoms with E-state index in [2.05, 4.69) is 4.74 Å². The van der Waals surface area contributed by atoms with Gasteiger partial charge in [-0.3, -0.25) is 0 Å². The van der Waals surface area contributed by atoms with Crippen LogP contribution in [-0.4, -0.2) is 12.6 Å². The zero-order valence-corrected chi connectivity index (χ0v) is 8.17. The maximum absolute atomic E-state index is 13.0. The molecular formula is C11H10F2O2.